The average Bonchev–Trinajstić information content (AvgIpc) is 2.63. The molecule has 0 saturated heterocycles. The second-order valence-corrected chi connectivity index (χ2v) is 2.97. The Labute approximate surface area is 67.6 Å². The van der Waals surface area contributed by atoms with Gasteiger partial charge in [0.25, 0.3) is 0 Å². The lowest BCUT2D eigenvalue weighted by Gasteiger charge is -2.09. The van der Waals surface area contributed by atoms with Crippen LogP contribution in [0.1, 0.15) is 25.7 Å². The predicted octanol–water partition coefficient (Wildman–Crippen LogP) is -0.0480. The van der Waals surface area contributed by atoms with Crippen molar-refractivity contribution in [2.75, 3.05) is 0 Å². The molecule has 2 N–H and O–H groups in total. The van der Waals surface area contributed by atoms with Crippen LogP contribution in [0.4, 0.5) is 0 Å². The average molecular weight is 153 g/mol. The van der Waals surface area contributed by atoms with Gasteiger partial charge >= 0.3 is 0 Å². The molecule has 0 spiro atoms. The van der Waals surface area contributed by atoms with Gasteiger partial charge in [0.15, 0.2) is 0 Å². The molecule has 1 saturated carbocycles. The van der Waals surface area contributed by atoms with Gasteiger partial charge in [0.05, 0.1) is 7.85 Å². The highest BCUT2D eigenvalue weighted by Crippen LogP contribution is 2.31. The Bertz CT molecular complexity index is 157. The molecule has 1 amide bonds. The molecule has 2 radical (unpaired) electrons. The van der Waals surface area contributed by atoms with Crippen molar-refractivity contribution >= 4 is 13.8 Å². The Kier molecular flexibility index (Phi) is 2.55. The van der Waals surface area contributed by atoms with E-state index in [1.807, 2.05) is 0 Å². The van der Waals surface area contributed by atoms with Crippen molar-refractivity contribution in [2.24, 2.45) is 0 Å². The molecule has 1 aliphatic rings. The molecule has 0 aromatic heterocycles. The number of hydrogen-bond donors (Lipinski definition) is 2. The predicted molar refractivity (Wildman–Crippen MR) is 42.1 cm³/mol. The Morgan fingerprint density at radius 2 is 2.27 bits per heavy atom. The van der Waals surface area contributed by atoms with Gasteiger partial charge < -0.3 is 10.4 Å². The van der Waals surface area contributed by atoms with Crippen molar-refractivity contribution in [1.82, 2.24) is 5.32 Å². The van der Waals surface area contributed by atoms with Gasteiger partial charge in [0.2, 0.25) is 5.91 Å². The van der Waals surface area contributed by atoms with Crippen LogP contribution in [0.25, 0.3) is 0 Å². The molecule has 60 valence electrons. The van der Waals surface area contributed by atoms with Gasteiger partial charge in [-0.05, 0) is 12.8 Å². The van der Waals surface area contributed by atoms with Crippen LogP contribution in [0.5, 0.6) is 0 Å². The molecule has 0 atom stereocenters. The van der Waals surface area contributed by atoms with Crippen molar-refractivity contribution < 1.29 is 9.90 Å². The number of carbonyl (C=O) groups is 1. The fraction of sp³-hybridized carbons (Fsp3) is 0.857. The van der Waals surface area contributed by atoms with Crippen LogP contribution < -0.4 is 5.32 Å². The fourth-order valence-electron chi connectivity index (χ4n) is 0.828. The van der Waals surface area contributed by atoms with E-state index in [4.69, 9.17) is 7.85 Å². The Hall–Kier alpha value is -0.505. The zero-order valence-electron chi connectivity index (χ0n) is 6.47. The monoisotopic (exact) mass is 153 g/mol. The van der Waals surface area contributed by atoms with Crippen LogP contribution in [0.15, 0.2) is 0 Å². The lowest BCUT2D eigenvalue weighted by atomic mass is 10.0. The second-order valence-electron chi connectivity index (χ2n) is 2.97. The zero-order valence-corrected chi connectivity index (χ0v) is 6.47. The number of carbonyl (C=O) groups excluding carboxylic acids is 1. The molecule has 0 heterocycles. The van der Waals surface area contributed by atoms with Crippen molar-refractivity contribution in [1.29, 1.82) is 0 Å². The molecule has 0 aromatic carbocycles. The molecule has 3 nitrogen and oxygen atoms in total. The van der Waals surface area contributed by atoms with E-state index in [-0.39, 0.29) is 5.91 Å². The third kappa shape index (κ3) is 2.93. The normalized spacial score (nSPS) is 19.4. The summed E-state index contributed by atoms with van der Waals surface area (Å²) in [4.78, 5) is 10.9. The first-order valence-electron chi connectivity index (χ1n) is 3.90. The van der Waals surface area contributed by atoms with Gasteiger partial charge in [-0.25, -0.2) is 0 Å². The molecular weight excluding hydrogens is 141 g/mol. The fourth-order valence-corrected chi connectivity index (χ4v) is 0.828. The van der Waals surface area contributed by atoms with Gasteiger partial charge in [-0.3, -0.25) is 4.79 Å². The van der Waals surface area contributed by atoms with Crippen LogP contribution in [-0.4, -0.2) is 24.6 Å². The standard InChI is InChI=1S/C7H12BNO2/c8-5-1-2-6(10)9-7(11)3-4-7/h11H,1-5H2,(H,9,10). The van der Waals surface area contributed by atoms with E-state index in [0.717, 1.165) is 0 Å². The number of amides is 1. The summed E-state index contributed by atoms with van der Waals surface area (Å²) in [5.41, 5.74) is -0.869. The highest BCUT2D eigenvalue weighted by atomic mass is 16.3. The maximum atomic E-state index is 10.9. The quantitative estimate of drug-likeness (QED) is 0.439. The number of rotatable bonds is 4. The highest BCUT2D eigenvalue weighted by Gasteiger charge is 2.41. The summed E-state index contributed by atoms with van der Waals surface area (Å²) in [6.45, 7) is 0. The summed E-state index contributed by atoms with van der Waals surface area (Å²) in [5.74, 6) is -0.101. The Balaban J connectivity index is 2.11. The maximum absolute atomic E-state index is 10.9. The molecule has 1 rings (SSSR count). The lowest BCUT2D eigenvalue weighted by molar-refractivity contribution is -0.124. The first-order valence-corrected chi connectivity index (χ1v) is 3.90. The molecule has 0 unspecified atom stereocenters. The first-order chi connectivity index (χ1) is 5.16. The van der Waals surface area contributed by atoms with Crippen LogP contribution in [0.2, 0.25) is 6.32 Å². The summed E-state index contributed by atoms with van der Waals surface area (Å²) in [6, 6.07) is 0. The zero-order chi connectivity index (χ0) is 8.32. The van der Waals surface area contributed by atoms with Crippen molar-refractivity contribution in [3.63, 3.8) is 0 Å². The van der Waals surface area contributed by atoms with Gasteiger partial charge in [0.1, 0.15) is 5.72 Å². The van der Waals surface area contributed by atoms with E-state index < -0.39 is 5.72 Å². The van der Waals surface area contributed by atoms with Crippen molar-refractivity contribution in [3.05, 3.63) is 0 Å². The number of hydrogen-bond acceptors (Lipinski definition) is 2. The van der Waals surface area contributed by atoms with E-state index in [1.54, 1.807) is 0 Å². The minimum atomic E-state index is -0.869. The van der Waals surface area contributed by atoms with Gasteiger partial charge in [0, 0.05) is 6.42 Å². The SMILES string of the molecule is [B]CCCC(=O)NC1(O)CC1. The molecule has 0 aromatic rings. The molecule has 0 aliphatic heterocycles. The third-order valence-corrected chi connectivity index (χ3v) is 1.70. The van der Waals surface area contributed by atoms with Crippen molar-refractivity contribution in [3.8, 4) is 0 Å². The summed E-state index contributed by atoms with van der Waals surface area (Å²) in [6.07, 6.45) is 2.98. The van der Waals surface area contributed by atoms with Crippen LogP contribution >= 0.6 is 0 Å². The largest absolute Gasteiger partial charge is 0.371 e. The topological polar surface area (TPSA) is 49.3 Å². The number of aliphatic hydroxyl groups is 1. The summed E-state index contributed by atoms with van der Waals surface area (Å²) < 4.78 is 0. The van der Waals surface area contributed by atoms with E-state index >= 15 is 0 Å². The van der Waals surface area contributed by atoms with Crippen LogP contribution in [0, 0.1) is 0 Å². The van der Waals surface area contributed by atoms with Gasteiger partial charge in [-0.1, -0.05) is 12.7 Å². The summed E-state index contributed by atoms with van der Waals surface area (Å²) in [5, 5.41) is 11.8. The molecule has 1 fully saturated rings. The van der Waals surface area contributed by atoms with E-state index in [2.05, 4.69) is 5.32 Å². The molecular formula is C7H12BNO2. The summed E-state index contributed by atoms with van der Waals surface area (Å²) >= 11 is 0. The van der Waals surface area contributed by atoms with Crippen LogP contribution in [0.3, 0.4) is 0 Å². The third-order valence-electron chi connectivity index (χ3n) is 1.70. The Morgan fingerprint density at radius 1 is 1.64 bits per heavy atom. The van der Waals surface area contributed by atoms with E-state index in [1.165, 1.54) is 0 Å². The van der Waals surface area contributed by atoms with E-state index in [9.17, 15) is 9.90 Å². The first kappa shape index (κ1) is 8.59. The molecule has 0 bridgehead atoms. The maximum Gasteiger partial charge on any atom is 0.222 e. The summed E-state index contributed by atoms with van der Waals surface area (Å²) in [7, 11) is 5.21. The minimum absolute atomic E-state index is 0.101. The van der Waals surface area contributed by atoms with Gasteiger partial charge in [-0.2, -0.15) is 0 Å². The second kappa shape index (κ2) is 3.26. The van der Waals surface area contributed by atoms with Gasteiger partial charge in [-0.15, -0.1) is 0 Å². The lowest BCUT2D eigenvalue weighted by Crippen LogP contribution is -2.36. The van der Waals surface area contributed by atoms with Crippen molar-refractivity contribution in [2.45, 2.75) is 37.7 Å². The highest BCUT2D eigenvalue weighted by molar-refractivity contribution is 6.08. The number of nitrogens with one attached hydrogen (secondary N) is 1. The molecule has 1 aliphatic carbocycles. The van der Waals surface area contributed by atoms with Crippen LogP contribution in [-0.2, 0) is 4.79 Å². The molecule has 4 heteroatoms. The van der Waals surface area contributed by atoms with E-state index in [0.29, 0.717) is 32.0 Å². The Morgan fingerprint density at radius 3 is 2.73 bits per heavy atom. The minimum Gasteiger partial charge on any atom is -0.371 e. The smallest absolute Gasteiger partial charge is 0.222 e. The molecule has 11 heavy (non-hydrogen) atoms.